The summed E-state index contributed by atoms with van der Waals surface area (Å²) in [5.74, 6) is -1.32. The third-order valence-electron chi connectivity index (χ3n) is 11.1. The van der Waals surface area contributed by atoms with Crippen molar-refractivity contribution in [1.29, 1.82) is 0 Å². The van der Waals surface area contributed by atoms with Gasteiger partial charge in [0.1, 0.15) is 42.4 Å². The first-order chi connectivity index (χ1) is 33.2. The lowest BCUT2D eigenvalue weighted by atomic mass is 9.87. The van der Waals surface area contributed by atoms with Crippen LogP contribution in [0.25, 0.3) is 11.2 Å². The van der Waals surface area contributed by atoms with Gasteiger partial charge in [0, 0.05) is 50.1 Å². The SMILES string of the molecule is C[C@@H]1O[C@@H](OCCCCCCCC[C@@H](O)CC(=O)SCCNC(=O)CCNC(=O)[C@H](O)C(C)(C)COP(=O)(O)OP(=O)(O)OC[C@H]2O[C@@H](n3cnc4c(N)ncnc43)[C@H](O)[C@@H]2OP(=O)(O)O)[C@H](O)C[C@H]1O. The minimum absolute atomic E-state index is 0.0201. The van der Waals surface area contributed by atoms with Crippen molar-refractivity contribution in [3.63, 3.8) is 0 Å². The lowest BCUT2D eigenvalue weighted by Crippen LogP contribution is -2.47. The minimum atomic E-state index is -5.60. The molecule has 13 N–H and O–H groups in total. The number of rotatable bonds is 31. The normalized spacial score (nSPS) is 25.6. The number of nitrogen functional groups attached to an aromatic ring is 1. The monoisotopic (exact) mass is 1100 g/mol. The van der Waals surface area contributed by atoms with Crippen molar-refractivity contribution >= 4 is 69.1 Å². The molecule has 2 fully saturated rings. The lowest BCUT2D eigenvalue weighted by molar-refractivity contribution is -0.261. The van der Waals surface area contributed by atoms with E-state index < -0.39 is 115 Å². The van der Waals surface area contributed by atoms with Gasteiger partial charge in [-0.1, -0.05) is 57.7 Å². The molecular weight excluding hydrogens is 1030 g/mol. The Morgan fingerprint density at radius 1 is 0.930 bits per heavy atom. The summed E-state index contributed by atoms with van der Waals surface area (Å²) in [7, 11) is -16.5. The molecule has 0 aliphatic carbocycles. The molecule has 4 heterocycles. The molecule has 2 unspecified atom stereocenters. The van der Waals surface area contributed by atoms with Crippen LogP contribution >= 0.6 is 35.2 Å². The number of aliphatic hydroxyl groups excluding tert-OH is 5. The van der Waals surface area contributed by atoms with Gasteiger partial charge in [-0.05, 0) is 19.8 Å². The maximum atomic E-state index is 12.7. The predicted octanol–water partition coefficient (Wildman–Crippen LogP) is 0.0197. The van der Waals surface area contributed by atoms with Crippen LogP contribution < -0.4 is 16.4 Å². The Bertz CT molecular complexity index is 2190. The van der Waals surface area contributed by atoms with Crippen LogP contribution in [0, 0.1) is 5.41 Å². The number of aromatic nitrogens is 4. The Kier molecular flexibility index (Phi) is 23.8. The average molecular weight is 1100 g/mol. The maximum absolute atomic E-state index is 12.7. The highest BCUT2D eigenvalue weighted by Crippen LogP contribution is 2.61. The smallest absolute Gasteiger partial charge is 0.393 e. The molecule has 2 aliphatic heterocycles. The van der Waals surface area contributed by atoms with Gasteiger partial charge in [0.2, 0.25) is 11.8 Å². The fourth-order valence-electron chi connectivity index (χ4n) is 7.13. The lowest BCUT2D eigenvalue weighted by Gasteiger charge is -2.35. The van der Waals surface area contributed by atoms with Gasteiger partial charge in [-0.25, -0.2) is 28.6 Å². The van der Waals surface area contributed by atoms with E-state index in [1.54, 1.807) is 6.92 Å². The van der Waals surface area contributed by atoms with Crippen molar-refractivity contribution in [2.75, 3.05) is 44.4 Å². The number of nitrogens with zero attached hydrogens (tertiary/aromatic N) is 4. The Hall–Kier alpha value is -2.64. The summed E-state index contributed by atoms with van der Waals surface area (Å²) in [5.41, 5.74) is 4.22. The highest BCUT2D eigenvalue weighted by Gasteiger charge is 2.50. The zero-order valence-electron chi connectivity index (χ0n) is 39.2. The second kappa shape index (κ2) is 27.8. The topological polar surface area (TPSA) is 443 Å². The second-order valence-corrected chi connectivity index (χ2v) is 22.9. The number of ether oxygens (including phenoxy) is 3. The molecule has 2 aromatic heterocycles. The summed E-state index contributed by atoms with van der Waals surface area (Å²) in [6.07, 6.45) is -4.69. The largest absolute Gasteiger partial charge is 0.481 e. The van der Waals surface area contributed by atoms with Gasteiger partial charge in [0.25, 0.3) is 0 Å². The fraction of sp³-hybridized carbons (Fsp3) is 0.789. The summed E-state index contributed by atoms with van der Waals surface area (Å²) in [6, 6.07) is 0. The van der Waals surface area contributed by atoms with Crippen LogP contribution in [0.4, 0.5) is 5.82 Å². The van der Waals surface area contributed by atoms with Crippen LogP contribution in [0.1, 0.15) is 91.2 Å². The van der Waals surface area contributed by atoms with Gasteiger partial charge in [0.15, 0.2) is 29.1 Å². The summed E-state index contributed by atoms with van der Waals surface area (Å²) in [6.45, 7) is 2.45. The zero-order valence-corrected chi connectivity index (χ0v) is 42.7. The van der Waals surface area contributed by atoms with Gasteiger partial charge >= 0.3 is 23.5 Å². The Labute approximate surface area is 412 Å². The van der Waals surface area contributed by atoms with E-state index in [0.29, 0.717) is 13.0 Å². The molecule has 29 nitrogen and oxygen atoms in total. The van der Waals surface area contributed by atoms with Crippen LogP contribution in [-0.4, -0.2) is 175 Å². The number of unbranched alkanes of at least 4 members (excludes halogenated alkanes) is 5. The van der Waals surface area contributed by atoms with Gasteiger partial charge in [-0.3, -0.25) is 32.5 Å². The number of hydrogen-bond donors (Lipinski definition) is 12. The molecule has 2 amide bonds. The van der Waals surface area contributed by atoms with Crippen LogP contribution in [0.2, 0.25) is 0 Å². The van der Waals surface area contributed by atoms with Crippen molar-refractivity contribution in [2.45, 2.75) is 146 Å². The third-order valence-corrected chi connectivity index (χ3v) is 15.1. The number of imidazole rings is 1. The quantitative estimate of drug-likeness (QED) is 0.0350. The zero-order chi connectivity index (χ0) is 52.7. The molecule has 0 spiro atoms. The molecule has 0 saturated carbocycles. The number of amides is 2. The number of phosphoric acid groups is 3. The van der Waals surface area contributed by atoms with E-state index in [1.165, 1.54) is 13.8 Å². The molecule has 406 valence electrons. The molecular formula is C38H66N7O22P3S. The van der Waals surface area contributed by atoms with E-state index >= 15 is 0 Å². The Morgan fingerprint density at radius 3 is 2.31 bits per heavy atom. The van der Waals surface area contributed by atoms with Crippen molar-refractivity contribution in [3.05, 3.63) is 12.7 Å². The first kappa shape index (κ1) is 60.9. The molecule has 0 bridgehead atoms. The fourth-order valence-corrected chi connectivity index (χ4v) is 10.7. The third kappa shape index (κ3) is 20.2. The van der Waals surface area contributed by atoms with Crippen LogP contribution in [0.3, 0.4) is 0 Å². The first-order valence-corrected chi connectivity index (χ1v) is 28.0. The van der Waals surface area contributed by atoms with E-state index in [0.717, 1.165) is 67.5 Å². The maximum Gasteiger partial charge on any atom is 0.481 e. The van der Waals surface area contributed by atoms with E-state index in [4.69, 9.17) is 29.0 Å². The van der Waals surface area contributed by atoms with Crippen LogP contribution in [-0.2, 0) is 60.2 Å². The van der Waals surface area contributed by atoms with Gasteiger partial charge in [0.05, 0.1) is 37.9 Å². The Balaban J connectivity index is 1.06. The predicted molar refractivity (Wildman–Crippen MR) is 247 cm³/mol. The van der Waals surface area contributed by atoms with E-state index in [-0.39, 0.29) is 60.2 Å². The number of carbonyl (C=O) groups is 3. The number of fused-ring (bicyclic) bond motifs is 1. The van der Waals surface area contributed by atoms with E-state index in [9.17, 15) is 73.2 Å². The van der Waals surface area contributed by atoms with Gasteiger partial charge in [-0.15, -0.1) is 0 Å². The molecule has 2 saturated heterocycles. The number of phosphoric ester groups is 3. The number of anilines is 1. The van der Waals surface area contributed by atoms with Gasteiger partial charge in [-0.2, -0.15) is 4.31 Å². The number of thioether (sulfide) groups is 1. The summed E-state index contributed by atoms with van der Waals surface area (Å²) in [4.78, 5) is 88.5. The summed E-state index contributed by atoms with van der Waals surface area (Å²) >= 11 is 0.955. The van der Waals surface area contributed by atoms with Crippen LogP contribution in [0.5, 0.6) is 0 Å². The molecule has 2 aliphatic rings. The highest BCUT2D eigenvalue weighted by molar-refractivity contribution is 8.13. The van der Waals surface area contributed by atoms with E-state index in [1.807, 2.05) is 0 Å². The number of hydrogen-bond acceptors (Lipinski definition) is 23. The summed E-state index contributed by atoms with van der Waals surface area (Å²) < 4.78 is 73.5. The minimum Gasteiger partial charge on any atom is -0.393 e. The highest BCUT2D eigenvalue weighted by atomic mass is 32.2. The average Bonchev–Trinajstić information content (AvgIpc) is 3.84. The molecule has 2 aromatic rings. The van der Waals surface area contributed by atoms with Crippen molar-refractivity contribution in [2.24, 2.45) is 5.41 Å². The number of nitrogens with one attached hydrogen (secondary N) is 2. The number of nitrogens with two attached hydrogens (primary N) is 1. The molecule has 33 heteroatoms. The molecule has 12 atom stereocenters. The van der Waals surface area contributed by atoms with Crippen molar-refractivity contribution < 1.29 is 105 Å². The number of carbonyl (C=O) groups excluding carboxylic acids is 3. The Morgan fingerprint density at radius 2 is 1.61 bits per heavy atom. The molecule has 71 heavy (non-hydrogen) atoms. The van der Waals surface area contributed by atoms with Gasteiger partial charge < -0.3 is 75.7 Å². The second-order valence-electron chi connectivity index (χ2n) is 17.5. The number of aliphatic hydroxyl groups is 5. The first-order valence-electron chi connectivity index (χ1n) is 22.5. The van der Waals surface area contributed by atoms with Crippen molar-refractivity contribution in [3.8, 4) is 0 Å². The molecule has 0 radical (unpaired) electrons. The van der Waals surface area contributed by atoms with Crippen molar-refractivity contribution in [1.82, 2.24) is 30.2 Å². The standard InChI is InChI=1S/C38H66N7O22P3S/c1-22-24(47)17-25(48)37(64-22)61-14-9-7-5-4-6-8-10-23(46)16-28(50)71-15-13-40-27(49)11-12-41-35(53)32(52)38(2,3)19-63-70(59,60)67-69(57,58)62-18-26-31(66-68(54,55)56)30(51)36(65-26)45-21-44-29-33(39)42-20-43-34(29)45/h20-26,30-32,36-37,46-48,51-52H,4-19H2,1-3H3,(H,40,49)(H,41,53)(H,57,58)(H,59,60)(H2,39,42,43)(H2,54,55,56)/t22-,23+,24+,25+,26+,30+,31+,32-,36+,37+/m0/s1. The molecule has 0 aromatic carbocycles. The van der Waals surface area contributed by atoms with Crippen LogP contribution in [0.15, 0.2) is 12.7 Å². The molecule has 4 rings (SSSR count). The van der Waals surface area contributed by atoms with E-state index in [2.05, 4.69) is 34.4 Å². The summed E-state index contributed by atoms with van der Waals surface area (Å²) in [5, 5.41) is 56.3.